The van der Waals surface area contributed by atoms with E-state index in [-0.39, 0.29) is 12.2 Å². The minimum atomic E-state index is -0.491. The summed E-state index contributed by atoms with van der Waals surface area (Å²) in [4.78, 5) is 16.2. The lowest BCUT2D eigenvalue weighted by Crippen LogP contribution is -2.41. The zero-order valence-electron chi connectivity index (χ0n) is 10.3. The molecule has 1 aliphatic rings. The summed E-state index contributed by atoms with van der Waals surface area (Å²) in [6.07, 6.45) is 6.22. The highest BCUT2D eigenvalue weighted by atomic mass is 16.3. The molecule has 0 bridgehead atoms. The standard InChI is InChI=1S/C12H19N3O2/c1-3-12(2,8-16)14-10-11(17)15(7-6-13-10)9-4-5-9/h6-7,9,16H,3-5,8H2,1-2H3,(H,13,14). The Hall–Kier alpha value is -1.36. The molecule has 0 aromatic carbocycles. The van der Waals surface area contributed by atoms with Crippen LogP contribution in [-0.2, 0) is 0 Å². The molecule has 94 valence electrons. The van der Waals surface area contributed by atoms with Crippen molar-refractivity contribution in [2.75, 3.05) is 11.9 Å². The predicted octanol–water partition coefficient (Wildman–Crippen LogP) is 1.15. The van der Waals surface area contributed by atoms with Gasteiger partial charge in [0, 0.05) is 18.4 Å². The number of anilines is 1. The minimum Gasteiger partial charge on any atom is -0.394 e. The smallest absolute Gasteiger partial charge is 0.293 e. The fraction of sp³-hybridized carbons (Fsp3) is 0.667. The van der Waals surface area contributed by atoms with Crippen molar-refractivity contribution >= 4 is 5.82 Å². The first-order valence-corrected chi connectivity index (χ1v) is 6.06. The maximum absolute atomic E-state index is 12.1. The van der Waals surface area contributed by atoms with Crippen molar-refractivity contribution < 1.29 is 5.11 Å². The van der Waals surface area contributed by atoms with Crippen molar-refractivity contribution in [3.8, 4) is 0 Å². The normalized spacial score (nSPS) is 18.8. The van der Waals surface area contributed by atoms with Gasteiger partial charge in [-0.05, 0) is 26.2 Å². The fourth-order valence-electron chi connectivity index (χ4n) is 1.68. The lowest BCUT2D eigenvalue weighted by Gasteiger charge is -2.27. The molecule has 1 aromatic heterocycles. The highest BCUT2D eigenvalue weighted by molar-refractivity contribution is 5.35. The number of nitrogens with zero attached hydrogens (tertiary/aromatic N) is 2. The van der Waals surface area contributed by atoms with Crippen molar-refractivity contribution in [2.24, 2.45) is 0 Å². The summed E-state index contributed by atoms with van der Waals surface area (Å²) in [5, 5.41) is 12.4. The third-order valence-electron chi connectivity index (χ3n) is 3.36. The van der Waals surface area contributed by atoms with Gasteiger partial charge < -0.3 is 15.0 Å². The van der Waals surface area contributed by atoms with E-state index in [0.29, 0.717) is 11.9 Å². The highest BCUT2D eigenvalue weighted by Crippen LogP contribution is 2.33. The van der Waals surface area contributed by atoms with Gasteiger partial charge in [-0.1, -0.05) is 6.92 Å². The Kier molecular flexibility index (Phi) is 3.19. The van der Waals surface area contributed by atoms with Crippen LogP contribution < -0.4 is 10.9 Å². The summed E-state index contributed by atoms with van der Waals surface area (Å²) in [5.41, 5.74) is -0.586. The van der Waals surface area contributed by atoms with Crippen LogP contribution in [0.3, 0.4) is 0 Å². The van der Waals surface area contributed by atoms with Crippen LogP contribution in [0.25, 0.3) is 0 Å². The topological polar surface area (TPSA) is 67.2 Å². The molecule has 2 rings (SSSR count). The second-order valence-corrected chi connectivity index (χ2v) is 4.92. The molecule has 0 aliphatic heterocycles. The molecule has 2 N–H and O–H groups in total. The molecule has 17 heavy (non-hydrogen) atoms. The lowest BCUT2D eigenvalue weighted by molar-refractivity contribution is 0.218. The molecule has 1 atom stereocenters. The average molecular weight is 237 g/mol. The first-order valence-electron chi connectivity index (χ1n) is 6.06. The Morgan fingerprint density at radius 3 is 2.88 bits per heavy atom. The van der Waals surface area contributed by atoms with Gasteiger partial charge in [0.25, 0.3) is 5.56 Å². The molecule has 0 amide bonds. The summed E-state index contributed by atoms with van der Waals surface area (Å²) >= 11 is 0. The van der Waals surface area contributed by atoms with Gasteiger partial charge in [0.05, 0.1) is 12.1 Å². The molecule has 1 aromatic rings. The van der Waals surface area contributed by atoms with Crippen molar-refractivity contribution in [3.05, 3.63) is 22.7 Å². The second-order valence-electron chi connectivity index (χ2n) is 4.92. The summed E-state index contributed by atoms with van der Waals surface area (Å²) in [6.45, 7) is 3.82. The molecule has 5 heteroatoms. The zero-order chi connectivity index (χ0) is 12.5. The average Bonchev–Trinajstić information content (AvgIpc) is 3.16. The first kappa shape index (κ1) is 12.1. The van der Waals surface area contributed by atoms with E-state index in [0.717, 1.165) is 19.3 Å². The van der Waals surface area contributed by atoms with E-state index in [9.17, 15) is 9.90 Å². The monoisotopic (exact) mass is 237 g/mol. The van der Waals surface area contributed by atoms with Crippen molar-refractivity contribution in [1.29, 1.82) is 0 Å². The van der Waals surface area contributed by atoms with Gasteiger partial charge in [-0.2, -0.15) is 0 Å². The second kappa shape index (κ2) is 4.49. The molecule has 0 radical (unpaired) electrons. The zero-order valence-corrected chi connectivity index (χ0v) is 10.3. The van der Waals surface area contributed by atoms with E-state index < -0.39 is 5.54 Å². The van der Waals surface area contributed by atoms with Crippen LogP contribution in [0, 0.1) is 0 Å². The Balaban J connectivity index is 2.27. The molecule has 1 heterocycles. The Morgan fingerprint density at radius 1 is 1.65 bits per heavy atom. The molecule has 0 spiro atoms. The van der Waals surface area contributed by atoms with E-state index >= 15 is 0 Å². The van der Waals surface area contributed by atoms with E-state index in [1.807, 2.05) is 13.8 Å². The van der Waals surface area contributed by atoms with Crippen LogP contribution in [0.4, 0.5) is 5.82 Å². The fourth-order valence-corrected chi connectivity index (χ4v) is 1.68. The number of rotatable bonds is 5. The minimum absolute atomic E-state index is 0.0249. The molecule has 5 nitrogen and oxygen atoms in total. The van der Waals surface area contributed by atoms with Gasteiger partial charge in [0.2, 0.25) is 0 Å². The Bertz CT molecular complexity index is 447. The quantitative estimate of drug-likeness (QED) is 0.806. The van der Waals surface area contributed by atoms with Crippen LogP contribution in [0.5, 0.6) is 0 Å². The molecular weight excluding hydrogens is 218 g/mol. The van der Waals surface area contributed by atoms with Gasteiger partial charge in [-0.3, -0.25) is 4.79 Å². The molecule has 1 aliphatic carbocycles. The van der Waals surface area contributed by atoms with E-state index in [1.165, 1.54) is 0 Å². The van der Waals surface area contributed by atoms with Crippen LogP contribution >= 0.6 is 0 Å². The van der Waals surface area contributed by atoms with Gasteiger partial charge in [-0.25, -0.2) is 4.98 Å². The van der Waals surface area contributed by atoms with E-state index in [2.05, 4.69) is 10.3 Å². The van der Waals surface area contributed by atoms with Gasteiger partial charge in [-0.15, -0.1) is 0 Å². The van der Waals surface area contributed by atoms with E-state index in [4.69, 9.17) is 0 Å². The van der Waals surface area contributed by atoms with Crippen LogP contribution in [0.1, 0.15) is 39.2 Å². The Morgan fingerprint density at radius 2 is 2.35 bits per heavy atom. The number of aromatic nitrogens is 2. The number of aliphatic hydroxyl groups is 1. The number of aliphatic hydroxyl groups excluding tert-OH is 1. The summed E-state index contributed by atoms with van der Waals surface area (Å²) in [7, 11) is 0. The van der Waals surface area contributed by atoms with Crippen molar-refractivity contribution in [1.82, 2.24) is 9.55 Å². The lowest BCUT2D eigenvalue weighted by atomic mass is 10.0. The number of hydrogen-bond acceptors (Lipinski definition) is 4. The largest absolute Gasteiger partial charge is 0.394 e. The first-order chi connectivity index (χ1) is 8.09. The van der Waals surface area contributed by atoms with Gasteiger partial charge in [0.15, 0.2) is 5.82 Å². The van der Waals surface area contributed by atoms with Crippen LogP contribution in [0.15, 0.2) is 17.2 Å². The van der Waals surface area contributed by atoms with Crippen molar-refractivity contribution in [3.63, 3.8) is 0 Å². The maximum Gasteiger partial charge on any atom is 0.293 e. The third kappa shape index (κ3) is 2.49. The summed E-state index contributed by atoms with van der Waals surface area (Å²) < 4.78 is 1.72. The number of hydrogen-bond donors (Lipinski definition) is 2. The van der Waals surface area contributed by atoms with Crippen LogP contribution in [-0.4, -0.2) is 26.8 Å². The third-order valence-corrected chi connectivity index (χ3v) is 3.36. The maximum atomic E-state index is 12.1. The molecule has 1 fully saturated rings. The summed E-state index contributed by atoms with van der Waals surface area (Å²) in [5.74, 6) is 0.331. The highest BCUT2D eigenvalue weighted by Gasteiger charge is 2.27. The SMILES string of the molecule is CCC(C)(CO)Nc1nccn(C2CC2)c1=O. The van der Waals surface area contributed by atoms with Gasteiger partial charge in [0.1, 0.15) is 0 Å². The van der Waals surface area contributed by atoms with Crippen LogP contribution in [0.2, 0.25) is 0 Å². The predicted molar refractivity (Wildman–Crippen MR) is 66.2 cm³/mol. The molecule has 1 unspecified atom stereocenters. The number of nitrogens with one attached hydrogen (secondary N) is 1. The Labute approximate surface area is 100 Å². The van der Waals surface area contributed by atoms with Gasteiger partial charge >= 0.3 is 0 Å². The van der Waals surface area contributed by atoms with E-state index in [1.54, 1.807) is 17.0 Å². The molecule has 0 saturated heterocycles. The molecule has 1 saturated carbocycles. The van der Waals surface area contributed by atoms with Crippen molar-refractivity contribution in [2.45, 2.75) is 44.7 Å². The summed E-state index contributed by atoms with van der Waals surface area (Å²) in [6, 6.07) is 0.341. The molecular formula is C12H19N3O2.